The standard InChI is InChI=1S/C16H15Cl2NO2/c1-2-21-16(15(20)11-6-4-3-5-7-11)19-12-8-9-13(17)14(18)10-12/h3-10,16,19H,2H2,1H3/t16-/m1/s1. The monoisotopic (exact) mass is 323 g/mol. The molecule has 2 aromatic carbocycles. The van der Waals surface area contributed by atoms with Crippen LogP contribution < -0.4 is 5.32 Å². The molecule has 3 nitrogen and oxygen atoms in total. The van der Waals surface area contributed by atoms with Crippen molar-refractivity contribution in [2.24, 2.45) is 0 Å². The summed E-state index contributed by atoms with van der Waals surface area (Å²) in [6.07, 6.45) is -0.769. The smallest absolute Gasteiger partial charge is 0.212 e. The van der Waals surface area contributed by atoms with E-state index >= 15 is 0 Å². The van der Waals surface area contributed by atoms with Gasteiger partial charge < -0.3 is 10.1 Å². The number of Topliss-reactive ketones (excluding diaryl/α,β-unsaturated/α-hetero) is 1. The third kappa shape index (κ3) is 4.21. The van der Waals surface area contributed by atoms with Crippen LogP contribution in [0.15, 0.2) is 48.5 Å². The second-order valence-electron chi connectivity index (χ2n) is 4.34. The number of ketones is 1. The zero-order valence-electron chi connectivity index (χ0n) is 11.5. The summed E-state index contributed by atoms with van der Waals surface area (Å²) >= 11 is 11.9. The minimum atomic E-state index is -0.769. The van der Waals surface area contributed by atoms with Crippen LogP contribution in [-0.4, -0.2) is 18.6 Å². The molecule has 21 heavy (non-hydrogen) atoms. The predicted molar refractivity (Wildman–Crippen MR) is 86.3 cm³/mol. The first-order valence-corrected chi connectivity index (χ1v) is 7.30. The fourth-order valence-corrected chi connectivity index (χ4v) is 2.14. The molecule has 0 aliphatic rings. The van der Waals surface area contributed by atoms with Gasteiger partial charge in [-0.15, -0.1) is 0 Å². The predicted octanol–water partition coefficient (Wildman–Crippen LogP) is 4.65. The highest BCUT2D eigenvalue weighted by molar-refractivity contribution is 6.42. The number of nitrogens with one attached hydrogen (secondary N) is 1. The van der Waals surface area contributed by atoms with E-state index in [1.54, 1.807) is 30.3 Å². The first-order valence-electron chi connectivity index (χ1n) is 6.54. The molecule has 0 saturated carbocycles. The fourth-order valence-electron chi connectivity index (χ4n) is 1.84. The molecular formula is C16H15Cl2NO2. The van der Waals surface area contributed by atoms with Gasteiger partial charge in [0.05, 0.1) is 10.0 Å². The summed E-state index contributed by atoms with van der Waals surface area (Å²) in [5, 5.41) is 3.91. The molecule has 0 amide bonds. The molecule has 0 aliphatic carbocycles. The Morgan fingerprint density at radius 1 is 1.14 bits per heavy atom. The molecule has 2 aromatic rings. The summed E-state index contributed by atoms with van der Waals surface area (Å²) in [7, 11) is 0. The molecule has 0 bridgehead atoms. The van der Waals surface area contributed by atoms with Crippen molar-refractivity contribution in [3.05, 3.63) is 64.1 Å². The summed E-state index contributed by atoms with van der Waals surface area (Å²) in [6, 6.07) is 14.1. The summed E-state index contributed by atoms with van der Waals surface area (Å²) < 4.78 is 5.50. The summed E-state index contributed by atoms with van der Waals surface area (Å²) in [6.45, 7) is 2.25. The van der Waals surface area contributed by atoms with Crippen molar-refractivity contribution in [1.29, 1.82) is 0 Å². The third-order valence-electron chi connectivity index (χ3n) is 2.85. The van der Waals surface area contributed by atoms with E-state index in [1.165, 1.54) is 0 Å². The topological polar surface area (TPSA) is 38.3 Å². The van der Waals surface area contributed by atoms with Gasteiger partial charge in [0.15, 0.2) is 6.23 Å². The molecule has 1 N–H and O–H groups in total. The van der Waals surface area contributed by atoms with Crippen LogP contribution in [0.4, 0.5) is 5.69 Å². The van der Waals surface area contributed by atoms with E-state index in [0.29, 0.717) is 27.9 Å². The summed E-state index contributed by atoms with van der Waals surface area (Å²) in [5.74, 6) is -0.136. The molecule has 110 valence electrons. The number of hydrogen-bond acceptors (Lipinski definition) is 3. The van der Waals surface area contributed by atoms with Crippen LogP contribution >= 0.6 is 23.2 Å². The second-order valence-corrected chi connectivity index (χ2v) is 5.15. The molecule has 0 unspecified atom stereocenters. The van der Waals surface area contributed by atoms with Gasteiger partial charge in [0.1, 0.15) is 0 Å². The molecule has 0 aromatic heterocycles. The van der Waals surface area contributed by atoms with Crippen molar-refractivity contribution < 1.29 is 9.53 Å². The van der Waals surface area contributed by atoms with Gasteiger partial charge in [-0.3, -0.25) is 4.79 Å². The summed E-state index contributed by atoms with van der Waals surface area (Å²) in [5.41, 5.74) is 1.26. The van der Waals surface area contributed by atoms with Crippen molar-refractivity contribution in [3.8, 4) is 0 Å². The molecule has 0 saturated heterocycles. The van der Waals surface area contributed by atoms with Crippen molar-refractivity contribution in [2.75, 3.05) is 11.9 Å². The van der Waals surface area contributed by atoms with E-state index in [0.717, 1.165) is 0 Å². The minimum absolute atomic E-state index is 0.136. The molecular weight excluding hydrogens is 309 g/mol. The maximum Gasteiger partial charge on any atom is 0.212 e. The van der Waals surface area contributed by atoms with E-state index in [1.807, 2.05) is 25.1 Å². The van der Waals surface area contributed by atoms with Gasteiger partial charge in [0, 0.05) is 17.9 Å². The van der Waals surface area contributed by atoms with E-state index in [-0.39, 0.29) is 5.78 Å². The Bertz CT molecular complexity index is 617. The Balaban J connectivity index is 2.19. The zero-order chi connectivity index (χ0) is 15.2. The maximum absolute atomic E-state index is 12.4. The number of ether oxygens (including phenoxy) is 1. The van der Waals surface area contributed by atoms with Crippen molar-refractivity contribution in [2.45, 2.75) is 13.2 Å². The SMILES string of the molecule is CCO[C@@H](Nc1ccc(Cl)c(Cl)c1)C(=O)c1ccccc1. The molecule has 0 heterocycles. The van der Waals surface area contributed by atoms with E-state index in [9.17, 15) is 4.79 Å². The average Bonchev–Trinajstić information content (AvgIpc) is 2.50. The molecule has 0 radical (unpaired) electrons. The van der Waals surface area contributed by atoms with E-state index in [2.05, 4.69) is 5.32 Å². The van der Waals surface area contributed by atoms with E-state index < -0.39 is 6.23 Å². The summed E-state index contributed by atoms with van der Waals surface area (Å²) in [4.78, 5) is 12.4. The lowest BCUT2D eigenvalue weighted by atomic mass is 10.1. The average molecular weight is 324 g/mol. The van der Waals surface area contributed by atoms with Gasteiger partial charge in [0.2, 0.25) is 5.78 Å². The van der Waals surface area contributed by atoms with Crippen LogP contribution in [0.25, 0.3) is 0 Å². The molecule has 5 heteroatoms. The van der Waals surface area contributed by atoms with Gasteiger partial charge in [0.25, 0.3) is 0 Å². The number of hydrogen-bond donors (Lipinski definition) is 1. The molecule has 0 aliphatic heterocycles. The molecule has 0 fully saturated rings. The maximum atomic E-state index is 12.4. The van der Waals surface area contributed by atoms with Gasteiger partial charge in [-0.2, -0.15) is 0 Å². The van der Waals surface area contributed by atoms with Gasteiger partial charge in [-0.05, 0) is 25.1 Å². The van der Waals surface area contributed by atoms with Gasteiger partial charge >= 0.3 is 0 Å². The molecule has 2 rings (SSSR count). The van der Waals surface area contributed by atoms with Gasteiger partial charge in [-0.1, -0.05) is 53.5 Å². The lowest BCUT2D eigenvalue weighted by Gasteiger charge is -2.19. The lowest BCUT2D eigenvalue weighted by molar-refractivity contribution is 0.0549. The van der Waals surface area contributed by atoms with Crippen LogP contribution in [0.5, 0.6) is 0 Å². The lowest BCUT2D eigenvalue weighted by Crippen LogP contribution is -2.32. The number of halogens is 2. The highest BCUT2D eigenvalue weighted by Crippen LogP contribution is 2.25. The number of carbonyl (C=O) groups is 1. The highest BCUT2D eigenvalue weighted by Gasteiger charge is 2.20. The van der Waals surface area contributed by atoms with E-state index in [4.69, 9.17) is 27.9 Å². The zero-order valence-corrected chi connectivity index (χ0v) is 13.0. The molecule has 0 spiro atoms. The quantitative estimate of drug-likeness (QED) is 0.621. The highest BCUT2D eigenvalue weighted by atomic mass is 35.5. The van der Waals surface area contributed by atoms with Crippen LogP contribution in [0.3, 0.4) is 0 Å². The van der Waals surface area contributed by atoms with Crippen LogP contribution in [0, 0.1) is 0 Å². The van der Waals surface area contributed by atoms with Crippen molar-refractivity contribution in [1.82, 2.24) is 0 Å². The fraction of sp³-hybridized carbons (Fsp3) is 0.188. The minimum Gasteiger partial charge on any atom is -0.354 e. The van der Waals surface area contributed by atoms with Gasteiger partial charge in [-0.25, -0.2) is 0 Å². The Hall–Kier alpha value is -1.55. The number of rotatable bonds is 6. The molecule has 1 atom stereocenters. The van der Waals surface area contributed by atoms with Crippen molar-refractivity contribution >= 4 is 34.7 Å². The largest absolute Gasteiger partial charge is 0.354 e. The number of benzene rings is 2. The first-order chi connectivity index (χ1) is 10.1. The van der Waals surface area contributed by atoms with Crippen molar-refractivity contribution in [3.63, 3.8) is 0 Å². The van der Waals surface area contributed by atoms with Crippen LogP contribution in [0.1, 0.15) is 17.3 Å². The Morgan fingerprint density at radius 2 is 1.86 bits per heavy atom. The Labute approximate surface area is 133 Å². The Morgan fingerprint density at radius 3 is 2.48 bits per heavy atom. The Kier molecular flexibility index (Phi) is 5.62. The first kappa shape index (κ1) is 15.8. The van der Waals surface area contributed by atoms with Crippen LogP contribution in [0.2, 0.25) is 10.0 Å². The second kappa shape index (κ2) is 7.46. The normalized spacial score (nSPS) is 12.0. The number of carbonyl (C=O) groups excluding carboxylic acids is 1. The number of anilines is 1. The third-order valence-corrected chi connectivity index (χ3v) is 3.59. The van der Waals surface area contributed by atoms with Crippen LogP contribution in [-0.2, 0) is 4.74 Å².